The number of hydrogen-bond acceptors (Lipinski definition) is 2. The van der Waals surface area contributed by atoms with Crippen LogP contribution in [0.4, 0.5) is 0 Å². The summed E-state index contributed by atoms with van der Waals surface area (Å²) in [6, 6.07) is 16.0. The van der Waals surface area contributed by atoms with Crippen LogP contribution in [0.2, 0.25) is 5.02 Å². The van der Waals surface area contributed by atoms with Crippen LogP contribution in [0.5, 0.6) is 0 Å². The number of rotatable bonds is 5. The van der Waals surface area contributed by atoms with Gasteiger partial charge in [-0.2, -0.15) is 5.10 Å². The molecular formula is C19H18ClN5. The van der Waals surface area contributed by atoms with E-state index in [2.05, 4.69) is 16.9 Å². The van der Waals surface area contributed by atoms with E-state index in [1.165, 1.54) is 0 Å². The molecule has 1 heterocycles. The Bertz CT molecular complexity index is 920. The normalized spacial score (nSPS) is 10.5. The largest absolute Gasteiger partial charge is 0.237 e. The predicted octanol–water partition coefficient (Wildman–Crippen LogP) is 5.66. The maximum Gasteiger partial charge on any atom is 0.0679 e. The van der Waals surface area contributed by atoms with Crippen molar-refractivity contribution < 1.29 is 0 Å². The van der Waals surface area contributed by atoms with Crippen LogP contribution < -0.4 is 0 Å². The van der Waals surface area contributed by atoms with Crippen molar-refractivity contribution >= 4 is 11.6 Å². The average molecular weight is 352 g/mol. The zero-order chi connectivity index (χ0) is 17.8. The second kappa shape index (κ2) is 7.43. The van der Waals surface area contributed by atoms with Gasteiger partial charge in [-0.1, -0.05) is 41.0 Å². The van der Waals surface area contributed by atoms with E-state index in [0.29, 0.717) is 6.54 Å². The minimum atomic E-state index is 0.469. The molecule has 0 aliphatic heterocycles. The first-order chi connectivity index (χ1) is 12.1. The van der Waals surface area contributed by atoms with E-state index in [1.807, 2.05) is 60.1 Å². The van der Waals surface area contributed by atoms with Crippen LogP contribution in [0, 0.1) is 13.8 Å². The molecule has 0 amide bonds. The molecule has 3 aromatic rings. The van der Waals surface area contributed by atoms with Crippen molar-refractivity contribution in [3.8, 4) is 16.8 Å². The molecule has 0 radical (unpaired) electrons. The quantitative estimate of drug-likeness (QED) is 0.332. The van der Waals surface area contributed by atoms with Crippen molar-refractivity contribution in [2.24, 2.45) is 5.11 Å². The number of nitrogens with zero attached hydrogens (tertiary/aromatic N) is 5. The van der Waals surface area contributed by atoms with Gasteiger partial charge in [0.1, 0.15) is 0 Å². The lowest BCUT2D eigenvalue weighted by Crippen LogP contribution is -1.99. The van der Waals surface area contributed by atoms with E-state index in [0.717, 1.165) is 45.2 Å². The van der Waals surface area contributed by atoms with Gasteiger partial charge in [-0.05, 0) is 61.2 Å². The van der Waals surface area contributed by atoms with Gasteiger partial charge in [-0.3, -0.25) is 0 Å². The summed E-state index contributed by atoms with van der Waals surface area (Å²) >= 11 is 5.99. The van der Waals surface area contributed by atoms with Crippen molar-refractivity contribution in [1.29, 1.82) is 0 Å². The van der Waals surface area contributed by atoms with Crippen molar-refractivity contribution in [1.82, 2.24) is 9.78 Å². The second-order valence-corrected chi connectivity index (χ2v) is 6.27. The van der Waals surface area contributed by atoms with Gasteiger partial charge in [0.15, 0.2) is 0 Å². The number of aryl methyl sites for hydroxylation is 1. The van der Waals surface area contributed by atoms with Crippen LogP contribution in [-0.2, 0) is 6.42 Å². The summed E-state index contributed by atoms with van der Waals surface area (Å²) in [4.78, 5) is 2.78. The third kappa shape index (κ3) is 3.68. The first kappa shape index (κ1) is 17.1. The fourth-order valence-corrected chi connectivity index (χ4v) is 3.08. The lowest BCUT2D eigenvalue weighted by Gasteiger charge is -2.07. The third-order valence-electron chi connectivity index (χ3n) is 4.17. The Morgan fingerprint density at radius 2 is 1.76 bits per heavy atom. The topological polar surface area (TPSA) is 66.6 Å². The number of aromatic nitrogens is 2. The van der Waals surface area contributed by atoms with Gasteiger partial charge in [0.25, 0.3) is 0 Å². The molecule has 0 aliphatic carbocycles. The molecule has 0 N–H and O–H groups in total. The van der Waals surface area contributed by atoms with Crippen molar-refractivity contribution in [3.05, 3.63) is 80.9 Å². The molecule has 0 atom stereocenters. The highest BCUT2D eigenvalue weighted by Crippen LogP contribution is 2.29. The molecule has 2 aromatic carbocycles. The molecule has 0 unspecified atom stereocenters. The summed E-state index contributed by atoms with van der Waals surface area (Å²) in [6.45, 7) is 4.55. The molecule has 0 saturated carbocycles. The van der Waals surface area contributed by atoms with Gasteiger partial charge >= 0.3 is 0 Å². The highest BCUT2D eigenvalue weighted by Gasteiger charge is 2.14. The lowest BCUT2D eigenvalue weighted by molar-refractivity contribution is 0.832. The molecule has 3 rings (SSSR count). The van der Waals surface area contributed by atoms with Crippen LogP contribution in [0.25, 0.3) is 27.3 Å². The Balaban J connectivity index is 1.92. The predicted molar refractivity (Wildman–Crippen MR) is 101 cm³/mol. The van der Waals surface area contributed by atoms with Crippen molar-refractivity contribution in [3.63, 3.8) is 0 Å². The molecule has 0 bridgehead atoms. The number of halogens is 1. The number of azide groups is 1. The molecule has 0 fully saturated rings. The van der Waals surface area contributed by atoms with E-state index < -0.39 is 0 Å². The van der Waals surface area contributed by atoms with Gasteiger partial charge in [-0.15, -0.1) is 0 Å². The maximum absolute atomic E-state index is 8.34. The standard InChI is InChI=1S/C19H18ClN5/c1-13-19(16-5-7-17(20)8-6-16)14(2)25(23-13)18-9-3-15(4-10-18)11-12-22-24-21/h3-10H,11-12H2,1-2H3. The molecule has 1 aromatic heterocycles. The molecule has 0 saturated heterocycles. The summed E-state index contributed by atoms with van der Waals surface area (Å²) < 4.78 is 1.95. The monoisotopic (exact) mass is 351 g/mol. The fraction of sp³-hybridized carbons (Fsp3) is 0.211. The van der Waals surface area contributed by atoms with E-state index >= 15 is 0 Å². The van der Waals surface area contributed by atoms with Crippen LogP contribution in [0.3, 0.4) is 0 Å². The molecule has 126 valence electrons. The van der Waals surface area contributed by atoms with E-state index in [1.54, 1.807) is 0 Å². The Morgan fingerprint density at radius 3 is 2.40 bits per heavy atom. The van der Waals surface area contributed by atoms with Gasteiger partial charge in [0.05, 0.1) is 11.4 Å². The summed E-state index contributed by atoms with van der Waals surface area (Å²) in [5.41, 5.74) is 14.8. The summed E-state index contributed by atoms with van der Waals surface area (Å²) in [5, 5.41) is 9.00. The summed E-state index contributed by atoms with van der Waals surface area (Å²) in [7, 11) is 0. The first-order valence-electron chi connectivity index (χ1n) is 8.02. The van der Waals surface area contributed by atoms with Crippen molar-refractivity contribution in [2.45, 2.75) is 20.3 Å². The Hall–Kier alpha value is -2.75. The molecule has 25 heavy (non-hydrogen) atoms. The Morgan fingerprint density at radius 1 is 1.08 bits per heavy atom. The second-order valence-electron chi connectivity index (χ2n) is 5.84. The average Bonchev–Trinajstić information content (AvgIpc) is 2.91. The Kier molecular flexibility index (Phi) is 5.08. The van der Waals surface area contributed by atoms with Gasteiger partial charge < -0.3 is 0 Å². The molecule has 5 nitrogen and oxygen atoms in total. The fourth-order valence-electron chi connectivity index (χ4n) is 2.96. The van der Waals surface area contributed by atoms with Crippen LogP contribution in [0.1, 0.15) is 17.0 Å². The maximum atomic E-state index is 8.34. The SMILES string of the molecule is Cc1nn(-c2ccc(CCN=[N+]=[N-])cc2)c(C)c1-c1ccc(Cl)cc1. The van der Waals surface area contributed by atoms with Gasteiger partial charge in [0, 0.05) is 27.7 Å². The lowest BCUT2D eigenvalue weighted by atomic mass is 10.0. The van der Waals surface area contributed by atoms with Crippen LogP contribution in [0.15, 0.2) is 53.6 Å². The minimum absolute atomic E-state index is 0.469. The van der Waals surface area contributed by atoms with E-state index in [-0.39, 0.29) is 0 Å². The van der Waals surface area contributed by atoms with Crippen LogP contribution in [-0.4, -0.2) is 16.3 Å². The molecular weight excluding hydrogens is 334 g/mol. The highest BCUT2D eigenvalue weighted by atomic mass is 35.5. The number of benzene rings is 2. The summed E-state index contributed by atoms with van der Waals surface area (Å²) in [5.74, 6) is 0. The first-order valence-corrected chi connectivity index (χ1v) is 8.40. The zero-order valence-corrected chi connectivity index (χ0v) is 14.9. The third-order valence-corrected chi connectivity index (χ3v) is 4.42. The molecule has 6 heteroatoms. The zero-order valence-electron chi connectivity index (χ0n) is 14.1. The minimum Gasteiger partial charge on any atom is -0.237 e. The van der Waals surface area contributed by atoms with Crippen LogP contribution >= 0.6 is 11.6 Å². The van der Waals surface area contributed by atoms with Crippen molar-refractivity contribution in [2.75, 3.05) is 6.54 Å². The number of hydrogen-bond donors (Lipinski definition) is 0. The Labute approximate surface area is 151 Å². The summed E-state index contributed by atoms with van der Waals surface area (Å²) in [6.07, 6.45) is 0.734. The van der Waals surface area contributed by atoms with E-state index in [4.69, 9.17) is 22.2 Å². The van der Waals surface area contributed by atoms with Gasteiger partial charge in [-0.25, -0.2) is 4.68 Å². The molecule has 0 aliphatic rings. The molecule has 0 spiro atoms. The van der Waals surface area contributed by atoms with E-state index in [9.17, 15) is 0 Å². The smallest absolute Gasteiger partial charge is 0.0679 e. The van der Waals surface area contributed by atoms with Gasteiger partial charge in [0.2, 0.25) is 0 Å². The highest BCUT2D eigenvalue weighted by molar-refractivity contribution is 6.30.